The minimum Gasteiger partial charge on any atom is -0.344 e. The number of amides is 2. The van der Waals surface area contributed by atoms with Gasteiger partial charge in [0.2, 0.25) is 5.91 Å². The van der Waals surface area contributed by atoms with Crippen LogP contribution >= 0.6 is 0 Å². The fourth-order valence-electron chi connectivity index (χ4n) is 2.43. The number of likely N-dealkylation sites (tertiary alicyclic amines) is 1. The van der Waals surface area contributed by atoms with Gasteiger partial charge in [-0.15, -0.1) is 0 Å². The fourth-order valence-corrected chi connectivity index (χ4v) is 2.43. The highest BCUT2D eigenvalue weighted by molar-refractivity contribution is 5.97. The minimum absolute atomic E-state index is 0.0832. The molecular weight excluding hydrogens is 258 g/mol. The van der Waals surface area contributed by atoms with Crippen molar-refractivity contribution in [3.63, 3.8) is 0 Å². The molecule has 1 atom stereocenters. The average Bonchev–Trinajstić information content (AvgIpc) is 2.71. The molecule has 6 heteroatoms. The van der Waals surface area contributed by atoms with Gasteiger partial charge in [0.25, 0.3) is 11.5 Å². The molecule has 108 valence electrons. The summed E-state index contributed by atoms with van der Waals surface area (Å²) < 4.78 is 1.54. The van der Waals surface area contributed by atoms with E-state index in [0.717, 1.165) is 5.69 Å². The first-order valence-corrected chi connectivity index (χ1v) is 6.72. The molecule has 20 heavy (non-hydrogen) atoms. The van der Waals surface area contributed by atoms with E-state index in [9.17, 15) is 14.4 Å². The molecule has 2 amide bonds. The molecule has 0 aliphatic carbocycles. The number of hydrogen-bond acceptors (Lipinski definition) is 3. The number of pyridine rings is 1. The first kappa shape index (κ1) is 14.3. The molecule has 0 unspecified atom stereocenters. The Morgan fingerprint density at radius 1 is 1.40 bits per heavy atom. The number of hydrogen-bond donors (Lipinski definition) is 1. The number of nitrogens with zero attached hydrogens (tertiary/aromatic N) is 2. The van der Waals surface area contributed by atoms with E-state index in [-0.39, 0.29) is 17.0 Å². The van der Waals surface area contributed by atoms with E-state index in [2.05, 4.69) is 5.32 Å². The molecule has 1 aromatic heterocycles. The van der Waals surface area contributed by atoms with Crippen molar-refractivity contribution in [1.29, 1.82) is 0 Å². The maximum atomic E-state index is 12.2. The smallest absolute Gasteiger partial charge is 0.263 e. The van der Waals surface area contributed by atoms with E-state index in [1.807, 2.05) is 13.8 Å². The number of carbonyl (C=O) groups excluding carboxylic acids is 2. The number of likely N-dealkylation sites (N-methyl/N-ethyl adjacent to an activating group) is 1. The Morgan fingerprint density at radius 3 is 2.65 bits per heavy atom. The van der Waals surface area contributed by atoms with Crippen molar-refractivity contribution < 1.29 is 9.59 Å². The quantitative estimate of drug-likeness (QED) is 0.854. The van der Waals surface area contributed by atoms with Gasteiger partial charge in [0, 0.05) is 25.8 Å². The van der Waals surface area contributed by atoms with E-state index in [0.29, 0.717) is 19.5 Å². The standard InChI is InChI=1S/C14H19N3O3/c1-4-17-9(2)5-6-10(13(17)19)12(18)15-11-7-8-16(3)14(11)20/h5-6,11H,4,7-8H2,1-3H3,(H,15,18)/t11-/m0/s1. The zero-order chi connectivity index (χ0) is 14.9. The van der Waals surface area contributed by atoms with Crippen LogP contribution in [0.1, 0.15) is 29.4 Å². The Kier molecular flexibility index (Phi) is 3.92. The first-order valence-electron chi connectivity index (χ1n) is 6.72. The van der Waals surface area contributed by atoms with Crippen molar-refractivity contribution in [3.05, 3.63) is 33.7 Å². The van der Waals surface area contributed by atoms with Crippen LogP contribution in [0.2, 0.25) is 0 Å². The summed E-state index contributed by atoms with van der Waals surface area (Å²) >= 11 is 0. The molecular formula is C14H19N3O3. The maximum absolute atomic E-state index is 12.2. The Bertz CT molecular complexity index is 606. The molecule has 0 saturated carbocycles. The molecule has 0 radical (unpaired) electrons. The number of nitrogens with one attached hydrogen (secondary N) is 1. The van der Waals surface area contributed by atoms with Crippen LogP contribution < -0.4 is 10.9 Å². The van der Waals surface area contributed by atoms with Crippen LogP contribution in [-0.2, 0) is 11.3 Å². The first-order chi connectivity index (χ1) is 9.45. The molecule has 1 aliphatic rings. The van der Waals surface area contributed by atoms with Gasteiger partial charge in [0.1, 0.15) is 11.6 Å². The summed E-state index contributed by atoms with van der Waals surface area (Å²) in [5.41, 5.74) is 0.578. The second-order valence-electron chi connectivity index (χ2n) is 5.01. The lowest BCUT2D eigenvalue weighted by Gasteiger charge is -2.13. The number of aryl methyl sites for hydroxylation is 1. The third-order valence-corrected chi connectivity index (χ3v) is 3.69. The maximum Gasteiger partial charge on any atom is 0.263 e. The van der Waals surface area contributed by atoms with Crippen LogP contribution in [0.15, 0.2) is 16.9 Å². The SMILES string of the molecule is CCn1c(C)ccc(C(=O)N[C@H]2CCN(C)C2=O)c1=O. The van der Waals surface area contributed by atoms with Crippen molar-refractivity contribution in [2.45, 2.75) is 32.9 Å². The lowest BCUT2D eigenvalue weighted by atomic mass is 10.2. The largest absolute Gasteiger partial charge is 0.344 e. The Morgan fingerprint density at radius 2 is 2.10 bits per heavy atom. The summed E-state index contributed by atoms with van der Waals surface area (Å²) in [7, 11) is 1.70. The highest BCUT2D eigenvalue weighted by Gasteiger charge is 2.31. The number of carbonyl (C=O) groups is 2. The molecule has 1 fully saturated rings. The Labute approximate surface area is 117 Å². The molecule has 0 bridgehead atoms. The zero-order valence-electron chi connectivity index (χ0n) is 12.0. The van der Waals surface area contributed by atoms with Crippen molar-refractivity contribution in [3.8, 4) is 0 Å². The minimum atomic E-state index is -0.525. The van der Waals surface area contributed by atoms with Crippen LogP contribution in [0.4, 0.5) is 0 Å². The van der Waals surface area contributed by atoms with Gasteiger partial charge in [-0.2, -0.15) is 0 Å². The molecule has 2 rings (SSSR count). The van der Waals surface area contributed by atoms with Gasteiger partial charge in [-0.25, -0.2) is 0 Å². The van der Waals surface area contributed by atoms with Gasteiger partial charge in [0.05, 0.1) is 0 Å². The third-order valence-electron chi connectivity index (χ3n) is 3.69. The van der Waals surface area contributed by atoms with Crippen molar-refractivity contribution in [1.82, 2.24) is 14.8 Å². The highest BCUT2D eigenvalue weighted by atomic mass is 16.2. The zero-order valence-corrected chi connectivity index (χ0v) is 12.0. The molecule has 6 nitrogen and oxygen atoms in total. The van der Waals surface area contributed by atoms with Gasteiger partial charge in [-0.1, -0.05) is 0 Å². The molecule has 2 heterocycles. The van der Waals surface area contributed by atoms with Crippen LogP contribution in [0, 0.1) is 6.92 Å². The number of aromatic nitrogens is 1. The van der Waals surface area contributed by atoms with Crippen LogP contribution in [0.5, 0.6) is 0 Å². The van der Waals surface area contributed by atoms with Crippen molar-refractivity contribution in [2.24, 2.45) is 0 Å². The summed E-state index contributed by atoms with van der Waals surface area (Å²) in [6.07, 6.45) is 0.578. The predicted molar refractivity (Wildman–Crippen MR) is 74.6 cm³/mol. The van der Waals surface area contributed by atoms with Crippen molar-refractivity contribution in [2.75, 3.05) is 13.6 Å². The second kappa shape index (κ2) is 5.48. The summed E-state index contributed by atoms with van der Waals surface area (Å²) in [5.74, 6) is -0.591. The fraction of sp³-hybridized carbons (Fsp3) is 0.500. The molecule has 0 spiro atoms. The van der Waals surface area contributed by atoms with E-state index < -0.39 is 11.9 Å². The van der Waals surface area contributed by atoms with Crippen LogP contribution in [-0.4, -0.2) is 40.9 Å². The van der Waals surface area contributed by atoms with Crippen LogP contribution in [0.25, 0.3) is 0 Å². The summed E-state index contributed by atoms with van der Waals surface area (Å²) in [5, 5.41) is 2.64. The second-order valence-corrected chi connectivity index (χ2v) is 5.01. The monoisotopic (exact) mass is 277 g/mol. The van der Waals surface area contributed by atoms with Gasteiger partial charge < -0.3 is 14.8 Å². The molecule has 0 aromatic carbocycles. The summed E-state index contributed by atoms with van der Waals surface area (Å²) in [6, 6.07) is 2.73. The van der Waals surface area contributed by atoms with Gasteiger partial charge in [-0.3, -0.25) is 14.4 Å². The third kappa shape index (κ3) is 2.45. The lowest BCUT2D eigenvalue weighted by Crippen LogP contribution is -2.43. The Hall–Kier alpha value is -2.11. The normalized spacial score (nSPS) is 18.4. The van der Waals surface area contributed by atoms with E-state index in [1.54, 1.807) is 18.0 Å². The van der Waals surface area contributed by atoms with Crippen molar-refractivity contribution >= 4 is 11.8 Å². The molecule has 1 saturated heterocycles. The Balaban J connectivity index is 2.22. The molecule has 1 aliphatic heterocycles. The average molecular weight is 277 g/mol. The summed E-state index contributed by atoms with van der Waals surface area (Å²) in [6.45, 7) is 4.81. The van der Waals surface area contributed by atoms with Gasteiger partial charge in [-0.05, 0) is 32.4 Å². The van der Waals surface area contributed by atoms with Gasteiger partial charge in [0.15, 0.2) is 0 Å². The number of rotatable bonds is 3. The van der Waals surface area contributed by atoms with E-state index in [4.69, 9.17) is 0 Å². The predicted octanol–water partition coefficient (Wildman–Crippen LogP) is 0.137. The molecule has 1 aromatic rings. The topological polar surface area (TPSA) is 71.4 Å². The highest BCUT2D eigenvalue weighted by Crippen LogP contribution is 2.09. The van der Waals surface area contributed by atoms with Crippen LogP contribution in [0.3, 0.4) is 0 Å². The van der Waals surface area contributed by atoms with E-state index in [1.165, 1.54) is 10.6 Å². The van der Waals surface area contributed by atoms with E-state index >= 15 is 0 Å². The summed E-state index contributed by atoms with van der Waals surface area (Å²) in [4.78, 5) is 37.7. The molecule has 1 N–H and O–H groups in total. The lowest BCUT2D eigenvalue weighted by molar-refractivity contribution is -0.128. The van der Waals surface area contributed by atoms with Gasteiger partial charge >= 0.3 is 0 Å².